The lowest BCUT2D eigenvalue weighted by Crippen LogP contribution is -2.45. The van der Waals surface area contributed by atoms with Crippen molar-refractivity contribution >= 4 is 5.78 Å². The first-order chi connectivity index (χ1) is 9.15. The van der Waals surface area contributed by atoms with Gasteiger partial charge in [0.15, 0.2) is 5.78 Å². The molecule has 1 aliphatic rings. The molecule has 0 saturated carbocycles. The van der Waals surface area contributed by atoms with E-state index in [1.165, 1.54) is 12.8 Å². The third-order valence-corrected chi connectivity index (χ3v) is 4.26. The summed E-state index contributed by atoms with van der Waals surface area (Å²) in [5.74, 6) is 0.913. The summed E-state index contributed by atoms with van der Waals surface area (Å²) < 4.78 is 0. The maximum absolute atomic E-state index is 12.7. The average molecular weight is 259 g/mol. The predicted molar refractivity (Wildman–Crippen MR) is 79.4 cm³/mol. The molecule has 1 fully saturated rings. The van der Waals surface area contributed by atoms with E-state index in [0.29, 0.717) is 12.0 Å². The van der Waals surface area contributed by atoms with Crippen molar-refractivity contribution in [3.05, 3.63) is 35.9 Å². The lowest BCUT2D eigenvalue weighted by atomic mass is 9.96. The van der Waals surface area contributed by atoms with Crippen molar-refractivity contribution in [2.45, 2.75) is 52.1 Å². The molecule has 1 saturated heterocycles. The number of carbonyl (C=O) groups excluding carboxylic acids is 1. The molecule has 1 aliphatic heterocycles. The van der Waals surface area contributed by atoms with Gasteiger partial charge >= 0.3 is 0 Å². The number of ketones is 1. The molecule has 2 atom stereocenters. The van der Waals surface area contributed by atoms with E-state index in [1.807, 2.05) is 30.3 Å². The number of benzene rings is 1. The molecule has 0 N–H and O–H groups in total. The average Bonchev–Trinajstić information content (AvgIpc) is 2.90. The zero-order valence-corrected chi connectivity index (χ0v) is 12.3. The minimum atomic E-state index is 0.0531. The third kappa shape index (κ3) is 3.06. The molecular formula is C17H25NO. The van der Waals surface area contributed by atoms with Crippen LogP contribution in [0.25, 0.3) is 0 Å². The lowest BCUT2D eigenvalue weighted by Gasteiger charge is -2.33. The van der Waals surface area contributed by atoms with Crippen molar-refractivity contribution < 1.29 is 4.79 Å². The van der Waals surface area contributed by atoms with Crippen LogP contribution < -0.4 is 0 Å². The van der Waals surface area contributed by atoms with Gasteiger partial charge in [-0.2, -0.15) is 0 Å². The standard InChI is InChI=1S/C17H25NO/c1-4-15(17(19)14-9-6-5-7-10-14)18-12-8-11-16(18)13(2)3/h5-7,9-10,13,15-16H,4,8,11-12H2,1-3H3. The van der Waals surface area contributed by atoms with Crippen LogP contribution in [-0.4, -0.2) is 29.3 Å². The first kappa shape index (κ1) is 14.3. The minimum Gasteiger partial charge on any atom is -0.292 e. The highest BCUT2D eigenvalue weighted by molar-refractivity contribution is 6.00. The van der Waals surface area contributed by atoms with Gasteiger partial charge in [-0.1, -0.05) is 51.1 Å². The van der Waals surface area contributed by atoms with Gasteiger partial charge in [0.1, 0.15) is 0 Å². The molecule has 0 amide bonds. The van der Waals surface area contributed by atoms with E-state index in [-0.39, 0.29) is 11.8 Å². The van der Waals surface area contributed by atoms with E-state index < -0.39 is 0 Å². The summed E-state index contributed by atoms with van der Waals surface area (Å²) in [6.45, 7) is 7.73. The summed E-state index contributed by atoms with van der Waals surface area (Å²) in [5.41, 5.74) is 0.851. The molecule has 1 aromatic rings. The summed E-state index contributed by atoms with van der Waals surface area (Å²) in [6, 6.07) is 10.4. The largest absolute Gasteiger partial charge is 0.292 e. The highest BCUT2D eigenvalue weighted by atomic mass is 16.1. The number of nitrogens with zero attached hydrogens (tertiary/aromatic N) is 1. The first-order valence-corrected chi connectivity index (χ1v) is 7.50. The van der Waals surface area contributed by atoms with Gasteiger partial charge in [-0.25, -0.2) is 0 Å². The molecular weight excluding hydrogens is 234 g/mol. The van der Waals surface area contributed by atoms with Crippen LogP contribution in [0.3, 0.4) is 0 Å². The Hall–Kier alpha value is -1.15. The Labute approximate surface area is 116 Å². The first-order valence-electron chi connectivity index (χ1n) is 7.50. The molecule has 1 aromatic carbocycles. The smallest absolute Gasteiger partial charge is 0.179 e. The molecule has 2 heteroatoms. The summed E-state index contributed by atoms with van der Waals surface area (Å²) in [5, 5.41) is 0. The maximum atomic E-state index is 12.7. The predicted octanol–water partition coefficient (Wildman–Crippen LogP) is 3.77. The molecule has 0 aromatic heterocycles. The summed E-state index contributed by atoms with van der Waals surface area (Å²) >= 11 is 0. The quantitative estimate of drug-likeness (QED) is 0.750. The number of carbonyl (C=O) groups is 1. The second-order valence-corrected chi connectivity index (χ2v) is 5.85. The fraction of sp³-hybridized carbons (Fsp3) is 0.588. The van der Waals surface area contributed by atoms with E-state index >= 15 is 0 Å². The lowest BCUT2D eigenvalue weighted by molar-refractivity contribution is 0.0750. The number of rotatable bonds is 5. The molecule has 0 spiro atoms. The molecule has 104 valence electrons. The van der Waals surface area contributed by atoms with Gasteiger partial charge < -0.3 is 0 Å². The topological polar surface area (TPSA) is 20.3 Å². The van der Waals surface area contributed by atoms with Gasteiger partial charge in [0.25, 0.3) is 0 Å². The maximum Gasteiger partial charge on any atom is 0.179 e. The number of likely N-dealkylation sites (tertiary alicyclic amines) is 1. The molecule has 2 rings (SSSR count). The van der Waals surface area contributed by atoms with E-state index in [0.717, 1.165) is 18.5 Å². The Balaban J connectivity index is 2.18. The van der Waals surface area contributed by atoms with Crippen LogP contribution in [0.15, 0.2) is 30.3 Å². The Morgan fingerprint density at radius 3 is 2.58 bits per heavy atom. The Kier molecular flexibility index (Phi) is 4.76. The normalized spacial score (nSPS) is 21.8. The van der Waals surface area contributed by atoms with Gasteiger partial charge in [0.2, 0.25) is 0 Å². The molecule has 0 bridgehead atoms. The van der Waals surface area contributed by atoms with Crippen molar-refractivity contribution in [3.8, 4) is 0 Å². The zero-order valence-electron chi connectivity index (χ0n) is 12.3. The van der Waals surface area contributed by atoms with Crippen LogP contribution in [-0.2, 0) is 0 Å². The van der Waals surface area contributed by atoms with Gasteiger partial charge in [-0.15, -0.1) is 0 Å². The van der Waals surface area contributed by atoms with Gasteiger partial charge in [0.05, 0.1) is 6.04 Å². The van der Waals surface area contributed by atoms with E-state index in [9.17, 15) is 4.79 Å². The number of Topliss-reactive ketones (excluding diaryl/α,β-unsaturated/α-hetero) is 1. The van der Waals surface area contributed by atoms with Crippen LogP contribution in [0.5, 0.6) is 0 Å². The number of hydrogen-bond donors (Lipinski definition) is 0. The van der Waals surface area contributed by atoms with Gasteiger partial charge in [-0.05, 0) is 31.7 Å². The van der Waals surface area contributed by atoms with Crippen molar-refractivity contribution in [3.63, 3.8) is 0 Å². The summed E-state index contributed by atoms with van der Waals surface area (Å²) in [4.78, 5) is 15.1. The fourth-order valence-electron chi connectivity index (χ4n) is 3.28. The van der Waals surface area contributed by atoms with Crippen molar-refractivity contribution in [2.75, 3.05) is 6.54 Å². The minimum absolute atomic E-state index is 0.0531. The fourth-order valence-corrected chi connectivity index (χ4v) is 3.28. The second-order valence-electron chi connectivity index (χ2n) is 5.85. The van der Waals surface area contributed by atoms with Crippen molar-refractivity contribution in [1.82, 2.24) is 4.90 Å². The second kappa shape index (κ2) is 6.33. The van der Waals surface area contributed by atoms with Crippen LogP contribution in [0.2, 0.25) is 0 Å². The number of hydrogen-bond acceptors (Lipinski definition) is 2. The van der Waals surface area contributed by atoms with Gasteiger partial charge in [-0.3, -0.25) is 9.69 Å². The molecule has 1 heterocycles. The highest BCUT2D eigenvalue weighted by Crippen LogP contribution is 2.28. The summed E-state index contributed by atoms with van der Waals surface area (Å²) in [7, 11) is 0. The molecule has 0 aliphatic carbocycles. The summed E-state index contributed by atoms with van der Waals surface area (Å²) in [6.07, 6.45) is 3.36. The molecule has 2 unspecified atom stereocenters. The van der Waals surface area contributed by atoms with Crippen LogP contribution in [0.1, 0.15) is 50.4 Å². The Morgan fingerprint density at radius 1 is 1.32 bits per heavy atom. The van der Waals surface area contributed by atoms with E-state index in [4.69, 9.17) is 0 Å². The monoisotopic (exact) mass is 259 g/mol. The Morgan fingerprint density at radius 2 is 2.00 bits per heavy atom. The van der Waals surface area contributed by atoms with Crippen molar-refractivity contribution in [1.29, 1.82) is 0 Å². The van der Waals surface area contributed by atoms with Crippen LogP contribution >= 0.6 is 0 Å². The molecule has 2 nitrogen and oxygen atoms in total. The molecule has 19 heavy (non-hydrogen) atoms. The van der Waals surface area contributed by atoms with E-state index in [2.05, 4.69) is 25.7 Å². The SMILES string of the molecule is CCC(C(=O)c1ccccc1)N1CCCC1C(C)C. The third-order valence-electron chi connectivity index (χ3n) is 4.26. The Bertz CT molecular complexity index is 413. The van der Waals surface area contributed by atoms with E-state index in [1.54, 1.807) is 0 Å². The van der Waals surface area contributed by atoms with Gasteiger partial charge in [0, 0.05) is 11.6 Å². The molecule has 0 radical (unpaired) electrons. The van der Waals surface area contributed by atoms with Crippen LogP contribution in [0.4, 0.5) is 0 Å². The van der Waals surface area contributed by atoms with Crippen LogP contribution in [0, 0.1) is 5.92 Å². The zero-order chi connectivity index (χ0) is 13.8. The highest BCUT2D eigenvalue weighted by Gasteiger charge is 2.35. The van der Waals surface area contributed by atoms with Crippen molar-refractivity contribution in [2.24, 2.45) is 5.92 Å².